The van der Waals surface area contributed by atoms with Gasteiger partial charge >= 0.3 is 0 Å². The van der Waals surface area contributed by atoms with Crippen LogP contribution in [0.4, 0.5) is 5.69 Å². The van der Waals surface area contributed by atoms with Crippen molar-refractivity contribution in [2.75, 3.05) is 11.9 Å². The highest BCUT2D eigenvalue weighted by Gasteiger charge is 2.58. The summed E-state index contributed by atoms with van der Waals surface area (Å²) in [5.41, 5.74) is 4.39. The highest BCUT2D eigenvalue weighted by molar-refractivity contribution is 9.10. The average molecular weight is 338 g/mol. The van der Waals surface area contributed by atoms with Gasteiger partial charge in [0.15, 0.2) is 0 Å². The van der Waals surface area contributed by atoms with Crippen molar-refractivity contribution in [1.82, 2.24) is 0 Å². The molecule has 2 aliphatic rings. The molecule has 1 spiro atoms. The SMILES string of the molecule is CCOC1CC(Nc2c(C)cc(Br)cc2C)C12CCC2. The summed E-state index contributed by atoms with van der Waals surface area (Å²) in [6, 6.07) is 4.98. The summed E-state index contributed by atoms with van der Waals surface area (Å²) in [7, 11) is 0. The van der Waals surface area contributed by atoms with Crippen molar-refractivity contribution in [3.05, 3.63) is 27.7 Å². The smallest absolute Gasteiger partial charge is 0.0670 e. The topological polar surface area (TPSA) is 21.3 Å². The summed E-state index contributed by atoms with van der Waals surface area (Å²) < 4.78 is 7.10. The van der Waals surface area contributed by atoms with E-state index < -0.39 is 0 Å². The molecule has 2 atom stereocenters. The second kappa shape index (κ2) is 5.34. The zero-order valence-electron chi connectivity index (χ0n) is 12.6. The van der Waals surface area contributed by atoms with E-state index in [-0.39, 0.29) is 0 Å². The van der Waals surface area contributed by atoms with E-state index in [1.807, 2.05) is 0 Å². The van der Waals surface area contributed by atoms with Crippen molar-refractivity contribution >= 4 is 21.6 Å². The lowest BCUT2D eigenvalue weighted by Gasteiger charge is -2.61. The number of anilines is 1. The van der Waals surface area contributed by atoms with Gasteiger partial charge in [0.05, 0.1) is 6.10 Å². The summed E-state index contributed by atoms with van der Waals surface area (Å²) in [6.45, 7) is 7.32. The number of hydrogen-bond donors (Lipinski definition) is 1. The Bertz CT molecular complexity index is 487. The number of nitrogens with one attached hydrogen (secondary N) is 1. The Morgan fingerprint density at radius 3 is 2.45 bits per heavy atom. The zero-order valence-corrected chi connectivity index (χ0v) is 14.2. The van der Waals surface area contributed by atoms with Gasteiger partial charge < -0.3 is 10.1 Å². The van der Waals surface area contributed by atoms with Gasteiger partial charge in [0.25, 0.3) is 0 Å². The van der Waals surface area contributed by atoms with Crippen molar-refractivity contribution in [2.24, 2.45) is 5.41 Å². The maximum atomic E-state index is 5.94. The van der Waals surface area contributed by atoms with Crippen LogP contribution in [-0.2, 0) is 4.74 Å². The molecule has 0 saturated heterocycles. The maximum absolute atomic E-state index is 5.94. The first kappa shape index (κ1) is 14.4. The number of halogens is 1. The van der Waals surface area contributed by atoms with Crippen LogP contribution in [0.15, 0.2) is 16.6 Å². The molecule has 2 nitrogen and oxygen atoms in total. The molecule has 2 aliphatic carbocycles. The van der Waals surface area contributed by atoms with Gasteiger partial charge in [-0.1, -0.05) is 22.4 Å². The molecule has 0 bridgehead atoms. The third kappa shape index (κ3) is 2.19. The third-order valence-corrected chi connectivity index (χ3v) is 5.71. The average Bonchev–Trinajstić information content (AvgIpc) is 2.28. The van der Waals surface area contributed by atoms with Gasteiger partial charge in [-0.3, -0.25) is 0 Å². The second-order valence-electron chi connectivity index (χ2n) is 6.38. The second-order valence-corrected chi connectivity index (χ2v) is 7.29. The van der Waals surface area contributed by atoms with Gasteiger partial charge in [-0.05, 0) is 63.3 Å². The minimum Gasteiger partial charge on any atom is -0.381 e. The Labute approximate surface area is 130 Å². The first-order chi connectivity index (χ1) is 9.56. The molecule has 3 rings (SSSR count). The molecule has 2 fully saturated rings. The molecule has 110 valence electrons. The summed E-state index contributed by atoms with van der Waals surface area (Å²) >= 11 is 3.57. The number of aryl methyl sites for hydroxylation is 2. The fourth-order valence-electron chi connectivity index (χ4n) is 3.95. The van der Waals surface area contributed by atoms with E-state index in [0.29, 0.717) is 17.6 Å². The zero-order chi connectivity index (χ0) is 14.3. The van der Waals surface area contributed by atoms with Crippen LogP contribution in [0.25, 0.3) is 0 Å². The summed E-state index contributed by atoms with van der Waals surface area (Å²) in [4.78, 5) is 0. The van der Waals surface area contributed by atoms with Gasteiger partial charge in [0.1, 0.15) is 0 Å². The van der Waals surface area contributed by atoms with E-state index in [1.165, 1.54) is 36.1 Å². The fraction of sp³-hybridized carbons (Fsp3) is 0.647. The quantitative estimate of drug-likeness (QED) is 0.849. The summed E-state index contributed by atoms with van der Waals surface area (Å²) in [5.74, 6) is 0. The molecule has 0 radical (unpaired) electrons. The molecule has 2 unspecified atom stereocenters. The Hall–Kier alpha value is -0.540. The highest BCUT2D eigenvalue weighted by atomic mass is 79.9. The standard InChI is InChI=1S/C17H24BrNO/c1-4-20-15-10-14(17(15)6-5-7-17)19-16-11(2)8-13(18)9-12(16)3/h8-9,14-15,19H,4-7,10H2,1-3H3. The van der Waals surface area contributed by atoms with Crippen molar-refractivity contribution in [3.8, 4) is 0 Å². The maximum Gasteiger partial charge on any atom is 0.0670 e. The van der Waals surface area contributed by atoms with Crippen LogP contribution in [0, 0.1) is 19.3 Å². The first-order valence-electron chi connectivity index (χ1n) is 7.71. The lowest BCUT2D eigenvalue weighted by Crippen LogP contribution is -2.64. The van der Waals surface area contributed by atoms with Gasteiger partial charge in [-0.2, -0.15) is 0 Å². The molecule has 0 aliphatic heterocycles. The lowest BCUT2D eigenvalue weighted by molar-refractivity contribution is -0.157. The largest absolute Gasteiger partial charge is 0.381 e. The van der Waals surface area contributed by atoms with Crippen LogP contribution < -0.4 is 5.32 Å². The molecular formula is C17H24BrNO. The van der Waals surface area contributed by atoms with Gasteiger partial charge in [0.2, 0.25) is 0 Å². The summed E-state index contributed by atoms with van der Waals surface area (Å²) in [6.07, 6.45) is 5.64. The molecular weight excluding hydrogens is 314 g/mol. The van der Waals surface area contributed by atoms with E-state index in [0.717, 1.165) is 17.5 Å². The van der Waals surface area contributed by atoms with Crippen molar-refractivity contribution in [2.45, 2.75) is 58.6 Å². The molecule has 2 saturated carbocycles. The molecule has 20 heavy (non-hydrogen) atoms. The van der Waals surface area contributed by atoms with Crippen molar-refractivity contribution < 1.29 is 4.74 Å². The number of benzene rings is 1. The molecule has 1 aromatic carbocycles. The van der Waals surface area contributed by atoms with E-state index in [4.69, 9.17) is 4.74 Å². The van der Waals surface area contributed by atoms with Crippen LogP contribution in [0.1, 0.15) is 43.7 Å². The van der Waals surface area contributed by atoms with Crippen LogP contribution in [0.2, 0.25) is 0 Å². The predicted octanol–water partition coefficient (Wildman–Crippen LogP) is 4.83. The van der Waals surface area contributed by atoms with E-state index >= 15 is 0 Å². The van der Waals surface area contributed by atoms with Crippen molar-refractivity contribution in [3.63, 3.8) is 0 Å². The van der Waals surface area contributed by atoms with Crippen LogP contribution in [0.5, 0.6) is 0 Å². The Balaban J connectivity index is 1.76. The monoisotopic (exact) mass is 337 g/mol. The molecule has 3 heteroatoms. The van der Waals surface area contributed by atoms with Crippen LogP contribution >= 0.6 is 15.9 Å². The normalized spacial score (nSPS) is 27.0. The van der Waals surface area contributed by atoms with Crippen LogP contribution in [0.3, 0.4) is 0 Å². The minimum absolute atomic E-state index is 0.419. The Morgan fingerprint density at radius 1 is 1.30 bits per heavy atom. The van der Waals surface area contributed by atoms with E-state index in [9.17, 15) is 0 Å². The highest BCUT2D eigenvalue weighted by Crippen LogP contribution is 2.58. The number of rotatable bonds is 4. The van der Waals surface area contributed by atoms with Crippen LogP contribution in [-0.4, -0.2) is 18.8 Å². The fourth-order valence-corrected chi connectivity index (χ4v) is 4.64. The molecule has 1 aromatic rings. The van der Waals surface area contributed by atoms with E-state index in [1.54, 1.807) is 0 Å². The third-order valence-electron chi connectivity index (χ3n) is 5.25. The molecule has 0 amide bonds. The first-order valence-corrected chi connectivity index (χ1v) is 8.51. The lowest BCUT2D eigenvalue weighted by atomic mass is 9.51. The Kier molecular flexibility index (Phi) is 3.85. The van der Waals surface area contributed by atoms with E-state index in [2.05, 4.69) is 54.2 Å². The molecule has 1 N–H and O–H groups in total. The number of hydrogen-bond acceptors (Lipinski definition) is 2. The van der Waals surface area contributed by atoms with Crippen molar-refractivity contribution in [1.29, 1.82) is 0 Å². The van der Waals surface area contributed by atoms with Gasteiger partial charge in [0, 0.05) is 28.2 Å². The Morgan fingerprint density at radius 2 is 1.95 bits per heavy atom. The molecule has 0 heterocycles. The van der Waals surface area contributed by atoms with Gasteiger partial charge in [-0.15, -0.1) is 0 Å². The van der Waals surface area contributed by atoms with Gasteiger partial charge in [-0.25, -0.2) is 0 Å². The molecule has 0 aromatic heterocycles. The minimum atomic E-state index is 0.419. The number of ether oxygens (including phenoxy) is 1. The summed E-state index contributed by atoms with van der Waals surface area (Å²) in [5, 5.41) is 3.82. The predicted molar refractivity (Wildman–Crippen MR) is 87.3 cm³/mol.